The van der Waals surface area contributed by atoms with Gasteiger partial charge in [0.2, 0.25) is 0 Å². The van der Waals surface area contributed by atoms with E-state index >= 15 is 0 Å². The summed E-state index contributed by atoms with van der Waals surface area (Å²) >= 11 is 3.27. The summed E-state index contributed by atoms with van der Waals surface area (Å²) in [6.07, 6.45) is -0.0946. The van der Waals surface area contributed by atoms with Crippen LogP contribution in [0.5, 0.6) is 11.5 Å². The third-order valence-corrected chi connectivity index (χ3v) is 2.43. The van der Waals surface area contributed by atoms with E-state index < -0.39 is 5.97 Å². The molecule has 0 atom stereocenters. The van der Waals surface area contributed by atoms with Crippen molar-refractivity contribution in [3.63, 3.8) is 0 Å². The lowest BCUT2D eigenvalue weighted by Gasteiger charge is -2.15. The molecule has 0 aromatic heterocycles. The second-order valence-corrected chi connectivity index (χ2v) is 4.31. The molecule has 0 spiro atoms. The van der Waals surface area contributed by atoms with Crippen molar-refractivity contribution in [2.24, 2.45) is 0 Å². The highest BCUT2D eigenvalue weighted by Crippen LogP contribution is 2.34. The van der Waals surface area contributed by atoms with Crippen molar-refractivity contribution in [3.05, 3.63) is 22.2 Å². The lowest BCUT2D eigenvalue weighted by molar-refractivity contribution is 0.0690. The minimum atomic E-state index is -1.05. The lowest BCUT2D eigenvalue weighted by Crippen LogP contribution is -2.10. The molecule has 1 N–H and O–H groups in total. The number of benzene rings is 1. The van der Waals surface area contributed by atoms with Gasteiger partial charge in [0.1, 0.15) is 17.1 Å². The summed E-state index contributed by atoms with van der Waals surface area (Å²) in [4.78, 5) is 11.1. The van der Waals surface area contributed by atoms with E-state index in [1.54, 1.807) is 6.07 Å². The molecule has 1 rings (SSSR count). The van der Waals surface area contributed by atoms with E-state index in [0.29, 0.717) is 16.0 Å². The molecule has 0 unspecified atom stereocenters. The predicted molar refractivity (Wildman–Crippen MR) is 63.4 cm³/mol. The largest absolute Gasteiger partial charge is 0.497 e. The Balaban J connectivity index is 3.28. The fourth-order valence-electron chi connectivity index (χ4n) is 1.20. The lowest BCUT2D eigenvalue weighted by atomic mass is 10.2. The summed E-state index contributed by atoms with van der Waals surface area (Å²) in [6, 6.07) is 3.11. The Morgan fingerprint density at radius 3 is 2.50 bits per heavy atom. The van der Waals surface area contributed by atoms with Crippen LogP contribution in [0.15, 0.2) is 16.6 Å². The summed E-state index contributed by atoms with van der Waals surface area (Å²) < 4.78 is 11.0. The molecule has 16 heavy (non-hydrogen) atoms. The van der Waals surface area contributed by atoms with Gasteiger partial charge in [-0.1, -0.05) is 0 Å². The first-order chi connectivity index (χ1) is 7.45. The molecule has 4 nitrogen and oxygen atoms in total. The van der Waals surface area contributed by atoms with E-state index in [2.05, 4.69) is 15.9 Å². The molecular formula is C11H13BrO4. The van der Waals surface area contributed by atoms with E-state index in [-0.39, 0.29) is 11.7 Å². The van der Waals surface area contributed by atoms with Crippen LogP contribution in [0.4, 0.5) is 0 Å². The highest BCUT2D eigenvalue weighted by atomic mass is 79.9. The standard InChI is InChI=1S/C11H13BrO4/c1-6(2)16-10-8(11(13)14)4-7(15-3)5-9(10)12/h4-6H,1-3H3,(H,13,14). The number of halogens is 1. The number of rotatable bonds is 4. The number of aromatic carboxylic acids is 1. The Morgan fingerprint density at radius 1 is 1.44 bits per heavy atom. The topological polar surface area (TPSA) is 55.8 Å². The van der Waals surface area contributed by atoms with Crippen molar-refractivity contribution < 1.29 is 19.4 Å². The Bertz CT molecular complexity index is 401. The van der Waals surface area contributed by atoms with Crippen molar-refractivity contribution in [2.45, 2.75) is 20.0 Å². The maximum absolute atomic E-state index is 11.1. The Hall–Kier alpha value is -1.23. The van der Waals surface area contributed by atoms with Gasteiger partial charge in [-0.25, -0.2) is 4.79 Å². The van der Waals surface area contributed by atoms with Gasteiger partial charge in [-0.15, -0.1) is 0 Å². The fraction of sp³-hybridized carbons (Fsp3) is 0.364. The Kier molecular flexibility index (Phi) is 4.18. The number of ether oxygens (including phenoxy) is 2. The minimum Gasteiger partial charge on any atom is -0.497 e. The summed E-state index contributed by atoms with van der Waals surface area (Å²) in [7, 11) is 1.48. The summed E-state index contributed by atoms with van der Waals surface area (Å²) in [5.41, 5.74) is 0.0833. The minimum absolute atomic E-state index is 0.0833. The number of carbonyl (C=O) groups is 1. The van der Waals surface area contributed by atoms with Crippen LogP contribution in [0.25, 0.3) is 0 Å². The quantitative estimate of drug-likeness (QED) is 0.926. The SMILES string of the molecule is COc1cc(Br)c(OC(C)C)c(C(=O)O)c1. The van der Waals surface area contributed by atoms with Crippen molar-refractivity contribution in [2.75, 3.05) is 7.11 Å². The molecule has 0 aliphatic carbocycles. The molecule has 1 aromatic carbocycles. The van der Waals surface area contributed by atoms with E-state index in [1.165, 1.54) is 13.2 Å². The first kappa shape index (κ1) is 12.8. The molecule has 0 radical (unpaired) electrons. The van der Waals surface area contributed by atoms with E-state index in [4.69, 9.17) is 14.6 Å². The van der Waals surface area contributed by atoms with Gasteiger partial charge in [0.25, 0.3) is 0 Å². The maximum Gasteiger partial charge on any atom is 0.339 e. The molecule has 0 bridgehead atoms. The predicted octanol–water partition coefficient (Wildman–Crippen LogP) is 2.94. The zero-order chi connectivity index (χ0) is 12.3. The molecule has 88 valence electrons. The third-order valence-electron chi connectivity index (χ3n) is 1.84. The van der Waals surface area contributed by atoms with Crippen molar-refractivity contribution >= 4 is 21.9 Å². The average molecular weight is 289 g/mol. The zero-order valence-electron chi connectivity index (χ0n) is 9.28. The molecular weight excluding hydrogens is 276 g/mol. The first-order valence-electron chi connectivity index (χ1n) is 4.73. The van der Waals surface area contributed by atoms with Gasteiger partial charge in [-0.05, 0) is 41.9 Å². The smallest absolute Gasteiger partial charge is 0.339 e. The first-order valence-corrected chi connectivity index (χ1v) is 5.52. The van der Waals surface area contributed by atoms with Gasteiger partial charge in [-0.3, -0.25) is 0 Å². The Morgan fingerprint density at radius 2 is 2.06 bits per heavy atom. The third kappa shape index (κ3) is 2.88. The molecule has 5 heteroatoms. The normalized spacial score (nSPS) is 10.3. The van der Waals surface area contributed by atoms with Crippen molar-refractivity contribution in [1.29, 1.82) is 0 Å². The molecule has 0 aliphatic heterocycles. The van der Waals surface area contributed by atoms with Gasteiger partial charge in [0.05, 0.1) is 17.7 Å². The van der Waals surface area contributed by atoms with Crippen LogP contribution in [0, 0.1) is 0 Å². The Labute approximate surface area is 102 Å². The number of carboxylic acids is 1. The van der Waals surface area contributed by atoms with Crippen LogP contribution in [-0.2, 0) is 0 Å². The van der Waals surface area contributed by atoms with E-state index in [1.807, 2.05) is 13.8 Å². The van der Waals surface area contributed by atoms with Crippen LogP contribution in [0.2, 0.25) is 0 Å². The maximum atomic E-state index is 11.1. The average Bonchev–Trinajstić information content (AvgIpc) is 2.19. The number of carboxylic acid groups (broad SMARTS) is 1. The molecule has 0 heterocycles. The van der Waals surface area contributed by atoms with Gasteiger partial charge in [0, 0.05) is 0 Å². The van der Waals surface area contributed by atoms with Crippen LogP contribution < -0.4 is 9.47 Å². The fourth-order valence-corrected chi connectivity index (χ4v) is 1.73. The van der Waals surface area contributed by atoms with E-state index in [9.17, 15) is 4.79 Å². The molecule has 0 saturated carbocycles. The van der Waals surface area contributed by atoms with Crippen LogP contribution in [-0.4, -0.2) is 24.3 Å². The van der Waals surface area contributed by atoms with Crippen LogP contribution >= 0.6 is 15.9 Å². The highest BCUT2D eigenvalue weighted by Gasteiger charge is 2.17. The second-order valence-electron chi connectivity index (χ2n) is 3.46. The van der Waals surface area contributed by atoms with Gasteiger partial charge in [-0.2, -0.15) is 0 Å². The van der Waals surface area contributed by atoms with Gasteiger partial charge < -0.3 is 14.6 Å². The van der Waals surface area contributed by atoms with E-state index in [0.717, 1.165) is 0 Å². The second kappa shape index (κ2) is 5.21. The zero-order valence-corrected chi connectivity index (χ0v) is 10.9. The number of methoxy groups -OCH3 is 1. The summed E-state index contributed by atoms with van der Waals surface area (Å²) in [5.74, 6) is -0.251. The monoisotopic (exact) mass is 288 g/mol. The summed E-state index contributed by atoms with van der Waals surface area (Å²) in [5, 5.41) is 9.07. The van der Waals surface area contributed by atoms with Gasteiger partial charge >= 0.3 is 5.97 Å². The molecule has 0 aliphatic rings. The molecule has 0 saturated heterocycles. The highest BCUT2D eigenvalue weighted by molar-refractivity contribution is 9.10. The number of hydrogen-bond donors (Lipinski definition) is 1. The van der Waals surface area contributed by atoms with Crippen LogP contribution in [0.3, 0.4) is 0 Å². The molecule has 0 amide bonds. The van der Waals surface area contributed by atoms with Crippen molar-refractivity contribution in [1.82, 2.24) is 0 Å². The molecule has 1 aromatic rings. The molecule has 0 fully saturated rings. The summed E-state index contributed by atoms with van der Waals surface area (Å²) in [6.45, 7) is 3.67. The van der Waals surface area contributed by atoms with Crippen molar-refractivity contribution in [3.8, 4) is 11.5 Å². The van der Waals surface area contributed by atoms with Gasteiger partial charge in [0.15, 0.2) is 0 Å². The number of hydrogen-bond acceptors (Lipinski definition) is 3. The van der Waals surface area contributed by atoms with Crippen LogP contribution in [0.1, 0.15) is 24.2 Å².